The number of imidazole rings is 1. The number of hydrogen-bond donors (Lipinski definition) is 2. The summed E-state index contributed by atoms with van der Waals surface area (Å²) in [6.07, 6.45) is 8.76. The fraction of sp³-hybridized carbons (Fsp3) is 0.444. The Morgan fingerprint density at radius 3 is 2.45 bits per heavy atom. The van der Waals surface area contributed by atoms with Crippen molar-refractivity contribution in [2.75, 3.05) is 0 Å². The van der Waals surface area contributed by atoms with Gasteiger partial charge in [0, 0.05) is 28.4 Å². The summed E-state index contributed by atoms with van der Waals surface area (Å²) < 4.78 is 0. The summed E-state index contributed by atoms with van der Waals surface area (Å²) in [6, 6.07) is 2.05. The molecular formula is C18H26N4. The van der Waals surface area contributed by atoms with Gasteiger partial charge in [-0.05, 0) is 24.6 Å². The van der Waals surface area contributed by atoms with E-state index >= 15 is 0 Å². The third-order valence-corrected chi connectivity index (χ3v) is 3.84. The van der Waals surface area contributed by atoms with Crippen molar-refractivity contribution in [2.45, 2.75) is 51.9 Å². The van der Waals surface area contributed by atoms with Crippen molar-refractivity contribution < 1.29 is 0 Å². The lowest BCUT2D eigenvalue weighted by Crippen LogP contribution is -2.16. The molecule has 22 heavy (non-hydrogen) atoms. The highest BCUT2D eigenvalue weighted by Gasteiger charge is 2.21. The van der Waals surface area contributed by atoms with E-state index in [1.807, 2.05) is 18.3 Å². The van der Waals surface area contributed by atoms with Crippen LogP contribution in [0.3, 0.4) is 0 Å². The Hall–Kier alpha value is -2.10. The van der Waals surface area contributed by atoms with Crippen LogP contribution in [0.25, 0.3) is 12.2 Å². The van der Waals surface area contributed by atoms with Crippen LogP contribution < -0.4 is 0 Å². The number of aromatic nitrogens is 4. The van der Waals surface area contributed by atoms with Crippen LogP contribution in [0.2, 0.25) is 0 Å². The minimum Gasteiger partial charge on any atom is -0.342 e. The van der Waals surface area contributed by atoms with Gasteiger partial charge in [0.1, 0.15) is 5.82 Å². The van der Waals surface area contributed by atoms with Crippen LogP contribution in [0.1, 0.15) is 63.9 Å². The van der Waals surface area contributed by atoms with E-state index in [0.717, 1.165) is 29.3 Å². The van der Waals surface area contributed by atoms with E-state index < -0.39 is 0 Å². The molecule has 0 radical (unpaired) electrons. The molecule has 0 saturated heterocycles. The van der Waals surface area contributed by atoms with Gasteiger partial charge in [-0.2, -0.15) is 5.10 Å². The van der Waals surface area contributed by atoms with Gasteiger partial charge in [0.2, 0.25) is 0 Å². The Balaban J connectivity index is 2.04. The van der Waals surface area contributed by atoms with E-state index in [4.69, 9.17) is 0 Å². The molecule has 2 heterocycles. The van der Waals surface area contributed by atoms with Gasteiger partial charge in [-0.25, -0.2) is 4.98 Å². The fourth-order valence-electron chi connectivity index (χ4n) is 2.17. The quantitative estimate of drug-likeness (QED) is 0.856. The number of H-pyrrole nitrogens is 2. The molecule has 2 N–H and O–H groups in total. The topological polar surface area (TPSA) is 57.4 Å². The maximum absolute atomic E-state index is 4.42. The van der Waals surface area contributed by atoms with Crippen molar-refractivity contribution in [3.8, 4) is 0 Å². The zero-order valence-corrected chi connectivity index (χ0v) is 14.2. The van der Waals surface area contributed by atoms with Crippen LogP contribution in [-0.4, -0.2) is 20.2 Å². The molecular weight excluding hydrogens is 272 g/mol. The molecule has 0 atom stereocenters. The number of hydrogen-bond acceptors (Lipinski definition) is 2. The molecule has 0 bridgehead atoms. The fourth-order valence-corrected chi connectivity index (χ4v) is 2.17. The molecule has 0 aliphatic carbocycles. The van der Waals surface area contributed by atoms with Gasteiger partial charge in [-0.1, -0.05) is 47.3 Å². The number of allylic oxidation sites excluding steroid dienone is 1. The summed E-state index contributed by atoms with van der Waals surface area (Å²) in [7, 11) is 0. The average Bonchev–Trinajstić information content (AvgIpc) is 3.06. The first-order valence-corrected chi connectivity index (χ1v) is 7.63. The van der Waals surface area contributed by atoms with Crippen LogP contribution in [0.5, 0.6) is 0 Å². The first-order valence-electron chi connectivity index (χ1n) is 7.63. The molecule has 118 valence electrons. The van der Waals surface area contributed by atoms with Crippen molar-refractivity contribution in [3.05, 3.63) is 47.8 Å². The highest BCUT2D eigenvalue weighted by molar-refractivity contribution is 5.44. The van der Waals surface area contributed by atoms with Gasteiger partial charge in [0.15, 0.2) is 0 Å². The minimum atomic E-state index is -0.00971. The monoisotopic (exact) mass is 298 g/mol. The van der Waals surface area contributed by atoms with E-state index in [0.29, 0.717) is 0 Å². The van der Waals surface area contributed by atoms with Crippen LogP contribution in [0, 0.1) is 0 Å². The van der Waals surface area contributed by atoms with Gasteiger partial charge >= 0.3 is 0 Å². The Morgan fingerprint density at radius 1 is 1.18 bits per heavy atom. The van der Waals surface area contributed by atoms with Gasteiger partial charge in [0.05, 0.1) is 5.69 Å². The second kappa shape index (κ2) is 5.95. The van der Waals surface area contributed by atoms with E-state index in [9.17, 15) is 0 Å². The lowest BCUT2D eigenvalue weighted by atomic mass is 9.85. The summed E-state index contributed by atoms with van der Waals surface area (Å²) in [5, 5.41) is 7.30. The number of aromatic amines is 2. The second-order valence-electron chi connectivity index (χ2n) is 7.33. The second-order valence-corrected chi connectivity index (χ2v) is 7.33. The van der Waals surface area contributed by atoms with Crippen molar-refractivity contribution in [1.29, 1.82) is 0 Å². The molecule has 2 aromatic heterocycles. The molecule has 2 rings (SSSR count). The summed E-state index contributed by atoms with van der Waals surface area (Å²) in [6.45, 7) is 14.7. The zero-order chi connectivity index (χ0) is 16.4. The van der Waals surface area contributed by atoms with E-state index in [2.05, 4.69) is 67.4 Å². The number of nitrogens with one attached hydrogen (secondary N) is 2. The van der Waals surface area contributed by atoms with Crippen LogP contribution in [0.4, 0.5) is 0 Å². The summed E-state index contributed by atoms with van der Waals surface area (Å²) in [5.74, 6) is 0.900. The lowest BCUT2D eigenvalue weighted by Gasteiger charge is -2.20. The van der Waals surface area contributed by atoms with Crippen LogP contribution in [-0.2, 0) is 10.8 Å². The maximum Gasteiger partial charge on any atom is 0.129 e. The Bertz CT molecular complexity index is 665. The third kappa shape index (κ3) is 3.75. The van der Waals surface area contributed by atoms with Crippen LogP contribution in [0.15, 0.2) is 24.9 Å². The van der Waals surface area contributed by atoms with Crippen LogP contribution >= 0.6 is 0 Å². The smallest absolute Gasteiger partial charge is 0.129 e. The molecule has 0 unspecified atom stereocenters. The first-order chi connectivity index (χ1) is 10.2. The Labute approximate surface area is 132 Å². The maximum atomic E-state index is 4.42. The third-order valence-electron chi connectivity index (χ3n) is 3.84. The van der Waals surface area contributed by atoms with Gasteiger partial charge in [-0.15, -0.1) is 0 Å². The van der Waals surface area contributed by atoms with Gasteiger partial charge < -0.3 is 4.98 Å². The standard InChI is InChI=1S/C18H26N4/c1-7-13-11-14(22-21-13)18(5,6)10-8-9-16-19-12-15(20-16)17(2,3)4/h7-9,11-12H,1,10H2,2-6H3,(H,19,20)(H,21,22)/b9-8+. The summed E-state index contributed by atoms with van der Waals surface area (Å²) >= 11 is 0. The highest BCUT2D eigenvalue weighted by atomic mass is 15.1. The van der Waals surface area contributed by atoms with E-state index in [-0.39, 0.29) is 10.8 Å². The van der Waals surface area contributed by atoms with Crippen molar-refractivity contribution in [1.82, 2.24) is 20.2 Å². The lowest BCUT2D eigenvalue weighted by molar-refractivity contribution is 0.515. The molecule has 0 fully saturated rings. The molecule has 0 spiro atoms. The molecule has 0 aliphatic heterocycles. The number of nitrogens with zero attached hydrogens (tertiary/aromatic N) is 2. The Morgan fingerprint density at radius 2 is 1.91 bits per heavy atom. The summed E-state index contributed by atoms with van der Waals surface area (Å²) in [5.41, 5.74) is 3.23. The van der Waals surface area contributed by atoms with Crippen molar-refractivity contribution in [3.63, 3.8) is 0 Å². The molecule has 0 aliphatic rings. The van der Waals surface area contributed by atoms with Gasteiger partial charge in [-0.3, -0.25) is 5.10 Å². The molecule has 2 aromatic rings. The molecule has 0 amide bonds. The SMILES string of the molecule is C=Cc1cc(C(C)(C)C/C=C/c2ncc(C(C)(C)C)[nH]2)[nH]n1. The minimum absolute atomic E-state index is 0.00971. The average molecular weight is 298 g/mol. The normalized spacial score (nSPS) is 13.0. The first kappa shape index (κ1) is 16.3. The van der Waals surface area contributed by atoms with E-state index in [1.54, 1.807) is 6.08 Å². The molecule has 4 heteroatoms. The Kier molecular flexibility index (Phi) is 4.40. The van der Waals surface area contributed by atoms with Crippen molar-refractivity contribution >= 4 is 12.2 Å². The molecule has 0 saturated carbocycles. The highest BCUT2D eigenvalue weighted by Crippen LogP contribution is 2.27. The predicted molar refractivity (Wildman–Crippen MR) is 92.6 cm³/mol. The molecule has 4 nitrogen and oxygen atoms in total. The van der Waals surface area contributed by atoms with Gasteiger partial charge in [0.25, 0.3) is 0 Å². The number of rotatable bonds is 5. The predicted octanol–water partition coefficient (Wildman–Crippen LogP) is 4.45. The summed E-state index contributed by atoms with van der Waals surface area (Å²) in [4.78, 5) is 7.78. The molecule has 0 aromatic carbocycles. The van der Waals surface area contributed by atoms with Crippen molar-refractivity contribution in [2.24, 2.45) is 0 Å². The van der Waals surface area contributed by atoms with E-state index in [1.165, 1.54) is 0 Å². The largest absolute Gasteiger partial charge is 0.342 e. The zero-order valence-electron chi connectivity index (χ0n) is 14.2.